The number of hydrogen-bond acceptors (Lipinski definition) is 3. The molecule has 0 bridgehead atoms. The van der Waals surface area contributed by atoms with Gasteiger partial charge in [0.25, 0.3) is 0 Å². The summed E-state index contributed by atoms with van der Waals surface area (Å²) in [6, 6.07) is 7.42. The van der Waals surface area contributed by atoms with Crippen molar-refractivity contribution in [3.63, 3.8) is 0 Å². The lowest BCUT2D eigenvalue weighted by Gasteiger charge is -2.25. The first-order chi connectivity index (χ1) is 10.3. The molecule has 22 heavy (non-hydrogen) atoms. The Balaban J connectivity index is 2.70. The highest BCUT2D eigenvalue weighted by atomic mass is 16.5. The van der Waals surface area contributed by atoms with Crippen LogP contribution in [0.5, 0.6) is 5.75 Å². The molecule has 0 aliphatic heterocycles. The molecule has 2 amide bonds. The Labute approximate surface area is 132 Å². The van der Waals surface area contributed by atoms with E-state index in [1.165, 1.54) is 0 Å². The van der Waals surface area contributed by atoms with Crippen molar-refractivity contribution in [3.8, 4) is 5.75 Å². The number of carbonyl (C=O) groups is 2. The van der Waals surface area contributed by atoms with Crippen LogP contribution in [0.4, 0.5) is 0 Å². The van der Waals surface area contributed by atoms with E-state index in [1.807, 2.05) is 52.0 Å². The summed E-state index contributed by atoms with van der Waals surface area (Å²) < 4.78 is 5.26. The molecule has 122 valence electrons. The predicted octanol–water partition coefficient (Wildman–Crippen LogP) is 2.00. The molecule has 0 unspecified atom stereocenters. The van der Waals surface area contributed by atoms with E-state index in [-0.39, 0.29) is 30.3 Å². The Morgan fingerprint density at radius 1 is 1.23 bits per heavy atom. The topological polar surface area (TPSA) is 58.6 Å². The van der Waals surface area contributed by atoms with E-state index in [0.29, 0.717) is 12.3 Å². The highest BCUT2D eigenvalue weighted by Crippen LogP contribution is 2.18. The minimum atomic E-state index is -0.303. The number of para-hydroxylation sites is 1. The van der Waals surface area contributed by atoms with Gasteiger partial charge in [-0.05, 0) is 33.8 Å². The molecule has 5 nitrogen and oxygen atoms in total. The molecule has 0 aromatic heterocycles. The van der Waals surface area contributed by atoms with Crippen LogP contribution in [0.25, 0.3) is 0 Å². The fraction of sp³-hybridized carbons (Fsp3) is 0.529. The molecule has 0 saturated carbocycles. The molecule has 1 aromatic rings. The fourth-order valence-corrected chi connectivity index (χ4v) is 2.13. The molecule has 5 heteroatoms. The van der Waals surface area contributed by atoms with Crippen LogP contribution in [0.3, 0.4) is 0 Å². The van der Waals surface area contributed by atoms with Crippen molar-refractivity contribution in [1.82, 2.24) is 10.2 Å². The maximum Gasteiger partial charge on any atom is 0.240 e. The van der Waals surface area contributed by atoms with Crippen molar-refractivity contribution >= 4 is 11.8 Å². The van der Waals surface area contributed by atoms with Gasteiger partial charge in [0, 0.05) is 17.6 Å². The number of carbonyl (C=O) groups excluding carboxylic acids is 2. The molecule has 0 spiro atoms. The van der Waals surface area contributed by atoms with E-state index < -0.39 is 0 Å². The van der Waals surface area contributed by atoms with Gasteiger partial charge in [0.05, 0.1) is 20.1 Å². The summed E-state index contributed by atoms with van der Waals surface area (Å²) in [5.41, 5.74) is 0.520. The zero-order valence-corrected chi connectivity index (χ0v) is 14.1. The lowest BCUT2D eigenvalue weighted by Crippen LogP contribution is -2.47. The number of likely N-dealkylation sites (N-methyl/N-ethyl adjacent to an activating group) is 1. The van der Waals surface area contributed by atoms with Crippen LogP contribution in [-0.4, -0.2) is 42.5 Å². The van der Waals surface area contributed by atoms with Gasteiger partial charge in [0.15, 0.2) is 0 Å². The molecule has 0 aliphatic rings. The predicted molar refractivity (Wildman–Crippen MR) is 86.8 cm³/mol. The zero-order valence-electron chi connectivity index (χ0n) is 14.1. The van der Waals surface area contributed by atoms with Crippen molar-refractivity contribution in [1.29, 1.82) is 0 Å². The Morgan fingerprint density at radius 3 is 2.41 bits per heavy atom. The van der Waals surface area contributed by atoms with Crippen LogP contribution in [0, 0.1) is 0 Å². The van der Waals surface area contributed by atoms with Crippen LogP contribution in [-0.2, 0) is 16.0 Å². The average Bonchev–Trinajstić information content (AvgIpc) is 2.43. The molecule has 1 N–H and O–H groups in total. The van der Waals surface area contributed by atoms with Crippen LogP contribution >= 0.6 is 0 Å². The van der Waals surface area contributed by atoms with Crippen LogP contribution in [0.15, 0.2) is 24.3 Å². The van der Waals surface area contributed by atoms with Gasteiger partial charge in [-0.25, -0.2) is 0 Å². The number of hydrogen-bond donors (Lipinski definition) is 1. The lowest BCUT2D eigenvalue weighted by molar-refractivity contribution is -0.135. The SMILES string of the molecule is CCN(CC(=O)NC(C)(C)C)C(=O)Cc1ccccc1OC. The van der Waals surface area contributed by atoms with Gasteiger partial charge < -0.3 is 15.0 Å². The van der Waals surface area contributed by atoms with E-state index in [1.54, 1.807) is 12.0 Å². The standard InChI is InChI=1S/C17H26N2O3/c1-6-19(12-15(20)18-17(2,3)4)16(21)11-13-9-7-8-10-14(13)22-5/h7-10H,6,11-12H2,1-5H3,(H,18,20). The van der Waals surface area contributed by atoms with Gasteiger partial charge in [0.2, 0.25) is 11.8 Å². The van der Waals surface area contributed by atoms with Gasteiger partial charge in [0.1, 0.15) is 5.75 Å². The normalized spacial score (nSPS) is 11.0. The maximum absolute atomic E-state index is 12.4. The summed E-state index contributed by atoms with van der Waals surface area (Å²) in [4.78, 5) is 25.9. The van der Waals surface area contributed by atoms with Crippen molar-refractivity contribution in [2.45, 2.75) is 39.7 Å². The van der Waals surface area contributed by atoms with E-state index in [0.717, 1.165) is 5.56 Å². The fourth-order valence-electron chi connectivity index (χ4n) is 2.13. The number of methoxy groups -OCH3 is 1. The third-order valence-electron chi connectivity index (χ3n) is 3.12. The van der Waals surface area contributed by atoms with E-state index >= 15 is 0 Å². The second-order valence-electron chi connectivity index (χ2n) is 6.19. The van der Waals surface area contributed by atoms with Gasteiger partial charge in [-0.3, -0.25) is 9.59 Å². The van der Waals surface area contributed by atoms with Gasteiger partial charge in [-0.1, -0.05) is 18.2 Å². The molecule has 1 rings (SSSR count). The van der Waals surface area contributed by atoms with Crippen molar-refractivity contribution in [2.24, 2.45) is 0 Å². The summed E-state index contributed by atoms with van der Waals surface area (Å²) in [6.45, 7) is 8.17. The number of nitrogens with zero attached hydrogens (tertiary/aromatic N) is 1. The van der Waals surface area contributed by atoms with E-state index in [2.05, 4.69) is 5.32 Å². The first-order valence-corrected chi connectivity index (χ1v) is 7.47. The molecule has 0 radical (unpaired) electrons. The average molecular weight is 306 g/mol. The van der Waals surface area contributed by atoms with Crippen LogP contribution in [0.1, 0.15) is 33.3 Å². The summed E-state index contributed by atoms with van der Waals surface area (Å²) in [7, 11) is 1.58. The number of benzene rings is 1. The number of nitrogens with one attached hydrogen (secondary N) is 1. The second-order valence-corrected chi connectivity index (χ2v) is 6.19. The van der Waals surface area contributed by atoms with Crippen molar-refractivity contribution in [2.75, 3.05) is 20.2 Å². The molecular formula is C17H26N2O3. The molecule has 0 saturated heterocycles. The van der Waals surface area contributed by atoms with Gasteiger partial charge in [-0.15, -0.1) is 0 Å². The highest BCUT2D eigenvalue weighted by molar-refractivity contribution is 5.86. The van der Waals surface area contributed by atoms with E-state index in [4.69, 9.17) is 4.74 Å². The molecule has 1 aromatic carbocycles. The minimum Gasteiger partial charge on any atom is -0.496 e. The molecule has 0 atom stereocenters. The Kier molecular flexibility index (Phi) is 6.40. The Morgan fingerprint density at radius 2 is 1.86 bits per heavy atom. The summed E-state index contributed by atoms with van der Waals surface area (Å²) in [5.74, 6) is 0.449. The molecular weight excluding hydrogens is 280 g/mol. The highest BCUT2D eigenvalue weighted by Gasteiger charge is 2.20. The van der Waals surface area contributed by atoms with Gasteiger partial charge in [-0.2, -0.15) is 0 Å². The summed E-state index contributed by atoms with van der Waals surface area (Å²) in [5, 5.41) is 2.87. The Hall–Kier alpha value is -2.04. The Bertz CT molecular complexity index is 521. The maximum atomic E-state index is 12.4. The number of rotatable bonds is 6. The summed E-state index contributed by atoms with van der Waals surface area (Å²) in [6.07, 6.45) is 0.223. The smallest absolute Gasteiger partial charge is 0.240 e. The second kappa shape index (κ2) is 7.82. The third kappa shape index (κ3) is 5.76. The first-order valence-electron chi connectivity index (χ1n) is 7.47. The lowest BCUT2D eigenvalue weighted by atomic mass is 10.1. The third-order valence-corrected chi connectivity index (χ3v) is 3.12. The monoisotopic (exact) mass is 306 g/mol. The summed E-state index contributed by atoms with van der Waals surface area (Å²) >= 11 is 0. The minimum absolute atomic E-state index is 0.0712. The van der Waals surface area contributed by atoms with E-state index in [9.17, 15) is 9.59 Å². The van der Waals surface area contributed by atoms with Crippen molar-refractivity contribution in [3.05, 3.63) is 29.8 Å². The quantitative estimate of drug-likeness (QED) is 0.874. The van der Waals surface area contributed by atoms with Crippen LogP contribution < -0.4 is 10.1 Å². The van der Waals surface area contributed by atoms with Crippen LogP contribution in [0.2, 0.25) is 0 Å². The molecule has 0 aliphatic carbocycles. The number of amides is 2. The zero-order chi connectivity index (χ0) is 16.8. The van der Waals surface area contributed by atoms with Gasteiger partial charge >= 0.3 is 0 Å². The molecule has 0 fully saturated rings. The first kappa shape index (κ1) is 18.0. The molecule has 0 heterocycles. The van der Waals surface area contributed by atoms with Crippen molar-refractivity contribution < 1.29 is 14.3 Å². The largest absolute Gasteiger partial charge is 0.496 e. The number of ether oxygens (including phenoxy) is 1.